The van der Waals surface area contributed by atoms with Gasteiger partial charge < -0.3 is 5.32 Å². The highest BCUT2D eigenvalue weighted by Gasteiger charge is 2.15. The molecule has 0 saturated heterocycles. The molecule has 8 heteroatoms. The van der Waals surface area contributed by atoms with Gasteiger partial charge >= 0.3 is 0 Å². The van der Waals surface area contributed by atoms with Crippen LogP contribution >= 0.6 is 0 Å². The van der Waals surface area contributed by atoms with E-state index in [4.69, 9.17) is 0 Å². The summed E-state index contributed by atoms with van der Waals surface area (Å²) in [5, 5.41) is 6.78. The van der Waals surface area contributed by atoms with Crippen molar-refractivity contribution in [3.63, 3.8) is 0 Å². The molecule has 1 aromatic carbocycles. The monoisotopic (exact) mass is 336 g/mol. The Kier molecular flexibility index (Phi) is 5.17. The van der Waals surface area contributed by atoms with Crippen molar-refractivity contribution in [1.82, 2.24) is 14.5 Å². The molecule has 0 atom stereocenters. The number of amides is 1. The summed E-state index contributed by atoms with van der Waals surface area (Å²) in [6.45, 7) is 6.20. The van der Waals surface area contributed by atoms with Crippen molar-refractivity contribution in [3.8, 4) is 0 Å². The molecule has 0 saturated carbocycles. The maximum atomic E-state index is 12.3. The summed E-state index contributed by atoms with van der Waals surface area (Å²) in [5.74, 6) is -0.206. The van der Waals surface area contributed by atoms with E-state index < -0.39 is 10.0 Å². The third-order valence-electron chi connectivity index (χ3n) is 3.44. The standard InChI is InChI=1S/C15H20N4O3S/c1-4-19-11(2)13(9-16-19)10-17-23(21,22)15-7-5-14(6-8-15)18-12(3)20/h5-9,17H,4,10H2,1-3H3,(H,18,20). The predicted molar refractivity (Wildman–Crippen MR) is 87.4 cm³/mol. The molecule has 7 nitrogen and oxygen atoms in total. The second-order valence-corrected chi connectivity index (χ2v) is 6.87. The minimum Gasteiger partial charge on any atom is -0.326 e. The van der Waals surface area contributed by atoms with Crippen molar-refractivity contribution in [1.29, 1.82) is 0 Å². The second-order valence-electron chi connectivity index (χ2n) is 5.10. The van der Waals surface area contributed by atoms with Crippen LogP contribution in [0.3, 0.4) is 0 Å². The lowest BCUT2D eigenvalue weighted by molar-refractivity contribution is -0.114. The molecule has 124 valence electrons. The topological polar surface area (TPSA) is 93.1 Å². The molecule has 0 unspecified atom stereocenters. The zero-order valence-corrected chi connectivity index (χ0v) is 14.1. The Morgan fingerprint density at radius 1 is 1.26 bits per heavy atom. The Labute approximate surface area is 135 Å². The van der Waals surface area contributed by atoms with Crippen LogP contribution in [0, 0.1) is 6.92 Å². The quantitative estimate of drug-likeness (QED) is 0.839. The molecule has 0 aliphatic rings. The summed E-state index contributed by atoms with van der Waals surface area (Å²) in [6, 6.07) is 6.01. The molecule has 0 aliphatic carbocycles. The summed E-state index contributed by atoms with van der Waals surface area (Å²) in [7, 11) is -3.62. The van der Waals surface area contributed by atoms with Crippen LogP contribution in [-0.4, -0.2) is 24.1 Å². The van der Waals surface area contributed by atoms with Gasteiger partial charge in [0.25, 0.3) is 0 Å². The number of nitrogens with zero attached hydrogens (tertiary/aromatic N) is 2. The fourth-order valence-electron chi connectivity index (χ4n) is 2.15. The molecular formula is C15H20N4O3S. The Balaban J connectivity index is 2.09. The Bertz CT molecular complexity index is 795. The zero-order valence-electron chi connectivity index (χ0n) is 13.3. The zero-order chi connectivity index (χ0) is 17.0. The summed E-state index contributed by atoms with van der Waals surface area (Å²) in [5.41, 5.74) is 2.33. The highest BCUT2D eigenvalue weighted by molar-refractivity contribution is 7.89. The minimum absolute atomic E-state index is 0.145. The van der Waals surface area contributed by atoms with E-state index in [-0.39, 0.29) is 17.3 Å². The number of hydrogen-bond donors (Lipinski definition) is 2. The van der Waals surface area contributed by atoms with Crippen LogP contribution in [0.15, 0.2) is 35.4 Å². The van der Waals surface area contributed by atoms with Gasteiger partial charge in [-0.15, -0.1) is 0 Å². The van der Waals surface area contributed by atoms with Crippen LogP contribution in [-0.2, 0) is 27.9 Å². The van der Waals surface area contributed by atoms with Gasteiger partial charge in [-0.1, -0.05) is 0 Å². The number of rotatable bonds is 6. The number of sulfonamides is 1. The normalized spacial score (nSPS) is 11.4. The lowest BCUT2D eigenvalue weighted by Crippen LogP contribution is -2.23. The van der Waals surface area contributed by atoms with Gasteiger partial charge in [0.1, 0.15) is 0 Å². The summed E-state index contributed by atoms with van der Waals surface area (Å²) < 4.78 is 29.0. The number of nitrogens with one attached hydrogen (secondary N) is 2. The molecule has 0 radical (unpaired) electrons. The number of anilines is 1. The summed E-state index contributed by atoms with van der Waals surface area (Å²) >= 11 is 0. The third-order valence-corrected chi connectivity index (χ3v) is 4.86. The van der Waals surface area contributed by atoms with Crippen LogP contribution in [0.5, 0.6) is 0 Å². The molecule has 2 rings (SSSR count). The number of benzene rings is 1. The van der Waals surface area contributed by atoms with E-state index in [2.05, 4.69) is 15.1 Å². The first-order valence-electron chi connectivity index (χ1n) is 7.22. The summed E-state index contributed by atoms with van der Waals surface area (Å²) in [4.78, 5) is 11.1. The predicted octanol–water partition coefficient (Wildman–Crippen LogP) is 1.65. The molecule has 0 bridgehead atoms. The van der Waals surface area contributed by atoms with Gasteiger partial charge in [0.05, 0.1) is 11.1 Å². The first-order chi connectivity index (χ1) is 10.8. The van der Waals surface area contributed by atoms with E-state index >= 15 is 0 Å². The Hall–Kier alpha value is -2.19. The highest BCUT2D eigenvalue weighted by Crippen LogP contribution is 2.15. The van der Waals surface area contributed by atoms with Crippen molar-refractivity contribution in [3.05, 3.63) is 41.7 Å². The van der Waals surface area contributed by atoms with Gasteiger partial charge in [-0.3, -0.25) is 9.48 Å². The van der Waals surface area contributed by atoms with Crippen LogP contribution in [0.1, 0.15) is 25.1 Å². The molecule has 1 aromatic heterocycles. The first kappa shape index (κ1) is 17.2. The molecule has 1 amide bonds. The number of carbonyl (C=O) groups is 1. The minimum atomic E-state index is -3.62. The van der Waals surface area contributed by atoms with Crippen molar-refractivity contribution in [2.24, 2.45) is 0 Å². The lowest BCUT2D eigenvalue weighted by atomic mass is 10.3. The van der Waals surface area contributed by atoms with Gasteiger partial charge in [0.15, 0.2) is 0 Å². The molecule has 23 heavy (non-hydrogen) atoms. The lowest BCUT2D eigenvalue weighted by Gasteiger charge is -2.08. The number of aryl methyl sites for hydroxylation is 1. The Morgan fingerprint density at radius 2 is 1.91 bits per heavy atom. The van der Waals surface area contributed by atoms with Gasteiger partial charge in [-0.25, -0.2) is 13.1 Å². The second kappa shape index (κ2) is 6.93. The maximum Gasteiger partial charge on any atom is 0.240 e. The van der Waals surface area contributed by atoms with Gasteiger partial charge in [0, 0.05) is 37.0 Å². The SMILES string of the molecule is CCn1ncc(CNS(=O)(=O)c2ccc(NC(C)=O)cc2)c1C. The molecular weight excluding hydrogens is 316 g/mol. The largest absolute Gasteiger partial charge is 0.326 e. The average molecular weight is 336 g/mol. The van der Waals surface area contributed by atoms with Gasteiger partial charge in [-0.2, -0.15) is 5.10 Å². The van der Waals surface area contributed by atoms with E-state index in [1.165, 1.54) is 19.1 Å². The van der Waals surface area contributed by atoms with Crippen LogP contribution in [0.25, 0.3) is 0 Å². The fraction of sp³-hybridized carbons (Fsp3) is 0.333. The van der Waals surface area contributed by atoms with E-state index in [1.807, 2.05) is 18.5 Å². The smallest absolute Gasteiger partial charge is 0.240 e. The number of hydrogen-bond acceptors (Lipinski definition) is 4. The molecule has 0 spiro atoms. The van der Waals surface area contributed by atoms with Crippen molar-refractivity contribution >= 4 is 21.6 Å². The number of carbonyl (C=O) groups excluding carboxylic acids is 1. The third kappa shape index (κ3) is 4.17. The van der Waals surface area contributed by atoms with E-state index in [0.717, 1.165) is 17.8 Å². The Morgan fingerprint density at radius 3 is 2.43 bits per heavy atom. The first-order valence-corrected chi connectivity index (χ1v) is 8.70. The highest BCUT2D eigenvalue weighted by atomic mass is 32.2. The van der Waals surface area contributed by atoms with Crippen LogP contribution in [0.2, 0.25) is 0 Å². The summed E-state index contributed by atoms with van der Waals surface area (Å²) in [6.07, 6.45) is 1.67. The van der Waals surface area contributed by atoms with Crippen molar-refractivity contribution in [2.75, 3.05) is 5.32 Å². The fourth-order valence-corrected chi connectivity index (χ4v) is 3.16. The maximum absolute atomic E-state index is 12.3. The van der Waals surface area contributed by atoms with Gasteiger partial charge in [-0.05, 0) is 38.1 Å². The molecule has 2 N–H and O–H groups in total. The molecule has 0 fully saturated rings. The van der Waals surface area contributed by atoms with E-state index in [1.54, 1.807) is 18.3 Å². The molecule has 1 heterocycles. The van der Waals surface area contributed by atoms with E-state index in [0.29, 0.717) is 5.69 Å². The van der Waals surface area contributed by atoms with Gasteiger partial charge in [0.2, 0.25) is 15.9 Å². The van der Waals surface area contributed by atoms with E-state index in [9.17, 15) is 13.2 Å². The average Bonchev–Trinajstić information content (AvgIpc) is 2.85. The van der Waals surface area contributed by atoms with Crippen molar-refractivity contribution in [2.45, 2.75) is 38.8 Å². The number of aromatic nitrogens is 2. The van der Waals surface area contributed by atoms with Crippen LogP contribution in [0.4, 0.5) is 5.69 Å². The molecule has 0 aliphatic heterocycles. The molecule has 2 aromatic rings. The van der Waals surface area contributed by atoms with Crippen molar-refractivity contribution < 1.29 is 13.2 Å². The van der Waals surface area contributed by atoms with Crippen LogP contribution < -0.4 is 10.0 Å².